The maximum atomic E-state index is 13.0. The van der Waals surface area contributed by atoms with E-state index in [1.54, 1.807) is 12.0 Å². The lowest BCUT2D eigenvalue weighted by Crippen LogP contribution is -2.92. The number of carbonyl (C=O) groups excluding carboxylic acids is 2. The van der Waals surface area contributed by atoms with Gasteiger partial charge in [0.25, 0.3) is 11.8 Å². The third-order valence-electron chi connectivity index (χ3n) is 4.83. The lowest BCUT2D eigenvalue weighted by atomic mass is 10.0. The largest absolute Gasteiger partial charge is 0.497 e. The number of benzene rings is 2. The van der Waals surface area contributed by atoms with Gasteiger partial charge >= 0.3 is 0 Å². The van der Waals surface area contributed by atoms with Crippen LogP contribution in [0.1, 0.15) is 10.4 Å². The van der Waals surface area contributed by atoms with Crippen LogP contribution in [0.25, 0.3) is 11.1 Å². The second-order valence-electron chi connectivity index (χ2n) is 6.31. The number of piperazine rings is 1. The smallest absolute Gasteiger partial charge is 0.257 e. The third-order valence-corrected chi connectivity index (χ3v) is 4.83. The lowest BCUT2D eigenvalue weighted by Gasteiger charge is -2.30. The number of methoxy groups -OCH3 is 1. The van der Waals surface area contributed by atoms with Crippen molar-refractivity contribution in [2.75, 3.05) is 32.1 Å². The zero-order chi connectivity index (χ0) is 17.4. The maximum absolute atomic E-state index is 13.0. The molecule has 128 valence electrons. The average Bonchev–Trinajstić information content (AvgIpc) is 2.77. The molecule has 1 atom stereocenters. The van der Waals surface area contributed by atoms with Gasteiger partial charge in [-0.05, 0) is 35.4 Å². The zero-order valence-electron chi connectivity index (χ0n) is 14.0. The Labute approximate surface area is 145 Å². The van der Waals surface area contributed by atoms with Gasteiger partial charge in [0.2, 0.25) is 0 Å². The Morgan fingerprint density at radius 2 is 1.88 bits per heavy atom. The van der Waals surface area contributed by atoms with E-state index in [9.17, 15) is 9.59 Å². The number of carbonyl (C=O) groups is 2. The fraction of sp³-hybridized carbons (Fsp3) is 0.263. The van der Waals surface area contributed by atoms with Crippen LogP contribution in [0.5, 0.6) is 5.75 Å². The second-order valence-corrected chi connectivity index (χ2v) is 6.31. The number of nitrogens with one attached hydrogen (secondary N) is 1. The fourth-order valence-corrected chi connectivity index (χ4v) is 3.44. The Balaban J connectivity index is 1.74. The van der Waals surface area contributed by atoms with Crippen LogP contribution < -0.4 is 15.4 Å². The summed E-state index contributed by atoms with van der Waals surface area (Å²) in [6, 6.07) is 12.9. The molecule has 0 aliphatic carbocycles. The molecule has 1 saturated heterocycles. The predicted octanol–water partition coefficient (Wildman–Crippen LogP) is 0.702. The van der Waals surface area contributed by atoms with Crippen LogP contribution in [0.4, 0.5) is 5.69 Å². The van der Waals surface area contributed by atoms with E-state index in [1.807, 2.05) is 42.5 Å². The molecular formula is C19H20N3O3+. The number of fused-ring (bicyclic) bond motifs is 2. The molecule has 2 aliphatic rings. The van der Waals surface area contributed by atoms with Crippen LogP contribution in [0.15, 0.2) is 42.5 Å². The first-order valence-corrected chi connectivity index (χ1v) is 8.39. The van der Waals surface area contributed by atoms with Crippen molar-refractivity contribution in [3.05, 3.63) is 48.0 Å². The van der Waals surface area contributed by atoms with Crippen molar-refractivity contribution in [3.63, 3.8) is 0 Å². The monoisotopic (exact) mass is 338 g/mol. The van der Waals surface area contributed by atoms with Crippen LogP contribution in [0, 0.1) is 0 Å². The van der Waals surface area contributed by atoms with Crippen molar-refractivity contribution in [1.82, 2.24) is 4.90 Å². The predicted molar refractivity (Wildman–Crippen MR) is 93.5 cm³/mol. The van der Waals surface area contributed by atoms with Gasteiger partial charge < -0.3 is 20.3 Å². The number of nitrogens with two attached hydrogens (primary N) is 1. The first kappa shape index (κ1) is 15.7. The number of hydrogen-bond donors (Lipinski definition) is 2. The molecule has 2 aromatic carbocycles. The summed E-state index contributed by atoms with van der Waals surface area (Å²) in [5, 5.41) is 4.98. The van der Waals surface area contributed by atoms with E-state index in [-0.39, 0.29) is 11.8 Å². The van der Waals surface area contributed by atoms with Crippen molar-refractivity contribution in [2.45, 2.75) is 6.04 Å². The molecule has 0 radical (unpaired) electrons. The van der Waals surface area contributed by atoms with Crippen molar-refractivity contribution in [3.8, 4) is 16.9 Å². The normalized spacial score (nSPS) is 19.6. The van der Waals surface area contributed by atoms with Gasteiger partial charge in [-0.15, -0.1) is 0 Å². The number of amides is 2. The van der Waals surface area contributed by atoms with E-state index in [4.69, 9.17) is 4.74 Å². The number of ether oxygens (including phenoxy) is 1. The summed E-state index contributed by atoms with van der Waals surface area (Å²) in [5.74, 6) is 0.594. The number of anilines is 1. The van der Waals surface area contributed by atoms with Crippen LogP contribution in [-0.2, 0) is 4.79 Å². The molecule has 25 heavy (non-hydrogen) atoms. The van der Waals surface area contributed by atoms with E-state index in [2.05, 4.69) is 10.6 Å². The summed E-state index contributed by atoms with van der Waals surface area (Å²) in [6.07, 6.45) is 0. The highest BCUT2D eigenvalue weighted by atomic mass is 16.5. The highest BCUT2D eigenvalue weighted by Gasteiger charge is 2.38. The molecule has 2 aliphatic heterocycles. The van der Waals surface area contributed by atoms with Crippen molar-refractivity contribution < 1.29 is 19.6 Å². The molecule has 0 saturated carbocycles. The van der Waals surface area contributed by atoms with Crippen LogP contribution in [0.3, 0.4) is 0 Å². The second kappa shape index (κ2) is 6.22. The quantitative estimate of drug-likeness (QED) is 0.846. The first-order chi connectivity index (χ1) is 12.2. The van der Waals surface area contributed by atoms with E-state index >= 15 is 0 Å². The maximum Gasteiger partial charge on any atom is 0.257 e. The van der Waals surface area contributed by atoms with E-state index in [0.717, 1.165) is 23.4 Å². The van der Waals surface area contributed by atoms with Gasteiger partial charge in [0.15, 0.2) is 6.04 Å². The molecule has 6 heteroatoms. The van der Waals surface area contributed by atoms with Crippen LogP contribution in [-0.4, -0.2) is 49.5 Å². The Kier molecular flexibility index (Phi) is 3.89. The van der Waals surface area contributed by atoms with Gasteiger partial charge in [-0.2, -0.15) is 0 Å². The Morgan fingerprint density at radius 1 is 1.12 bits per heavy atom. The average molecular weight is 338 g/mol. The molecule has 2 amide bonds. The van der Waals surface area contributed by atoms with E-state index in [1.165, 1.54) is 0 Å². The zero-order valence-corrected chi connectivity index (χ0v) is 14.0. The summed E-state index contributed by atoms with van der Waals surface area (Å²) < 4.78 is 5.19. The minimum Gasteiger partial charge on any atom is -0.497 e. The highest BCUT2D eigenvalue weighted by Crippen LogP contribution is 2.30. The number of hydrogen-bond acceptors (Lipinski definition) is 3. The summed E-state index contributed by atoms with van der Waals surface area (Å²) in [6.45, 7) is 2.02. The van der Waals surface area contributed by atoms with Crippen molar-refractivity contribution in [1.29, 1.82) is 0 Å². The highest BCUT2D eigenvalue weighted by molar-refractivity contribution is 6.10. The molecular weight excluding hydrogens is 318 g/mol. The van der Waals surface area contributed by atoms with Gasteiger partial charge in [0, 0.05) is 0 Å². The molecule has 4 rings (SSSR count). The number of quaternary nitrogens is 1. The third kappa shape index (κ3) is 2.74. The molecule has 0 bridgehead atoms. The van der Waals surface area contributed by atoms with Crippen molar-refractivity contribution >= 4 is 17.5 Å². The Hall–Kier alpha value is -2.86. The molecule has 0 unspecified atom stereocenters. The van der Waals surface area contributed by atoms with Crippen LogP contribution in [0.2, 0.25) is 0 Å². The van der Waals surface area contributed by atoms with Gasteiger partial charge in [0.1, 0.15) is 12.3 Å². The Morgan fingerprint density at radius 3 is 2.64 bits per heavy atom. The lowest BCUT2D eigenvalue weighted by molar-refractivity contribution is -0.665. The fourth-order valence-electron chi connectivity index (χ4n) is 3.44. The van der Waals surface area contributed by atoms with Crippen molar-refractivity contribution in [2.24, 2.45) is 0 Å². The van der Waals surface area contributed by atoms with Crippen LogP contribution >= 0.6 is 0 Å². The van der Waals surface area contributed by atoms with E-state index in [0.29, 0.717) is 24.3 Å². The molecule has 2 heterocycles. The first-order valence-electron chi connectivity index (χ1n) is 8.39. The number of nitrogens with zero attached hydrogens (tertiary/aromatic N) is 1. The number of rotatable bonds is 2. The van der Waals surface area contributed by atoms with Gasteiger partial charge in [-0.3, -0.25) is 9.59 Å². The van der Waals surface area contributed by atoms with Gasteiger partial charge in [0.05, 0.1) is 31.5 Å². The Bertz CT molecular complexity index is 832. The molecule has 0 aromatic heterocycles. The topological polar surface area (TPSA) is 75.2 Å². The minimum absolute atomic E-state index is 0.0817. The summed E-state index contributed by atoms with van der Waals surface area (Å²) >= 11 is 0. The van der Waals surface area contributed by atoms with Gasteiger partial charge in [-0.1, -0.05) is 18.2 Å². The minimum atomic E-state index is -0.405. The molecule has 3 N–H and O–H groups in total. The summed E-state index contributed by atoms with van der Waals surface area (Å²) in [4.78, 5) is 27.1. The van der Waals surface area contributed by atoms with Gasteiger partial charge in [-0.25, -0.2) is 0 Å². The molecule has 6 nitrogen and oxygen atoms in total. The van der Waals surface area contributed by atoms with E-state index < -0.39 is 6.04 Å². The summed E-state index contributed by atoms with van der Waals surface area (Å²) in [7, 11) is 1.63. The SMILES string of the molecule is COc1ccc(-c2ccc3c(c2)C(=O)N2CC[NH2+]C[C@H]2C(=O)N3)cc1. The molecule has 2 aromatic rings. The molecule has 1 fully saturated rings. The summed E-state index contributed by atoms with van der Waals surface area (Å²) in [5.41, 5.74) is 3.06. The standard InChI is InChI=1S/C19H19N3O3/c1-25-14-5-2-12(3-6-14)13-4-7-16-15(10-13)19(24)22-9-8-20-11-17(22)18(23)21-16/h2-7,10,17,20H,8-9,11H2,1H3,(H,21,23)/p+1/t17-/m0/s1. The molecule has 0 spiro atoms.